The van der Waals surface area contributed by atoms with Gasteiger partial charge in [0.2, 0.25) is 0 Å². The Balaban J connectivity index is 1.85. The van der Waals surface area contributed by atoms with Crippen LogP contribution in [0.4, 0.5) is 0 Å². The van der Waals surface area contributed by atoms with E-state index in [4.69, 9.17) is 16.3 Å². The van der Waals surface area contributed by atoms with Crippen LogP contribution < -0.4 is 5.32 Å². The van der Waals surface area contributed by atoms with Gasteiger partial charge in [-0.05, 0) is 63.1 Å². The highest BCUT2D eigenvalue weighted by Gasteiger charge is 2.31. The maximum atomic E-state index is 6.30. The lowest BCUT2D eigenvalue weighted by Gasteiger charge is -2.37. The van der Waals surface area contributed by atoms with Gasteiger partial charge in [0.1, 0.15) is 0 Å². The van der Waals surface area contributed by atoms with Gasteiger partial charge in [-0.3, -0.25) is 0 Å². The average molecular weight is 310 g/mol. The van der Waals surface area contributed by atoms with Crippen LogP contribution >= 0.6 is 11.6 Å². The Bertz CT molecular complexity index is 417. The maximum absolute atomic E-state index is 6.30. The summed E-state index contributed by atoms with van der Waals surface area (Å²) in [5.74, 6) is 0.804. The topological polar surface area (TPSA) is 21.3 Å². The molecule has 118 valence electrons. The zero-order valence-electron chi connectivity index (χ0n) is 13.3. The first-order valence-corrected chi connectivity index (χ1v) is 8.69. The van der Waals surface area contributed by atoms with Crippen molar-refractivity contribution in [2.75, 3.05) is 13.2 Å². The van der Waals surface area contributed by atoms with Gasteiger partial charge in [-0.25, -0.2) is 0 Å². The molecule has 1 unspecified atom stereocenters. The smallest absolute Gasteiger partial charge is 0.0580 e. The van der Waals surface area contributed by atoms with Gasteiger partial charge in [-0.15, -0.1) is 0 Å². The van der Waals surface area contributed by atoms with E-state index in [1.807, 2.05) is 12.1 Å². The maximum Gasteiger partial charge on any atom is 0.0580 e. The third kappa shape index (κ3) is 5.28. The van der Waals surface area contributed by atoms with E-state index in [2.05, 4.69) is 31.3 Å². The minimum Gasteiger partial charge on any atom is -0.378 e. The van der Waals surface area contributed by atoms with Crippen molar-refractivity contribution in [1.29, 1.82) is 0 Å². The largest absolute Gasteiger partial charge is 0.378 e. The quantitative estimate of drug-likeness (QED) is 0.727. The van der Waals surface area contributed by atoms with Crippen molar-refractivity contribution in [1.82, 2.24) is 5.32 Å². The summed E-state index contributed by atoms with van der Waals surface area (Å²) in [6.45, 7) is 6.22. The van der Waals surface area contributed by atoms with Gasteiger partial charge < -0.3 is 10.1 Å². The van der Waals surface area contributed by atoms with Gasteiger partial charge >= 0.3 is 0 Å². The number of benzene rings is 1. The Labute approximate surface area is 134 Å². The summed E-state index contributed by atoms with van der Waals surface area (Å²) in [6.07, 6.45) is 6.38. The molecular weight excluding hydrogens is 282 g/mol. The van der Waals surface area contributed by atoms with E-state index in [1.165, 1.54) is 31.2 Å². The lowest BCUT2D eigenvalue weighted by atomic mass is 9.77. The molecule has 3 heteroatoms. The van der Waals surface area contributed by atoms with Crippen molar-refractivity contribution in [3.63, 3.8) is 0 Å². The highest BCUT2D eigenvalue weighted by molar-refractivity contribution is 6.31. The predicted octanol–water partition coefficient (Wildman–Crippen LogP) is 4.46. The molecule has 1 aromatic rings. The van der Waals surface area contributed by atoms with E-state index < -0.39 is 0 Å². The molecule has 0 amide bonds. The summed E-state index contributed by atoms with van der Waals surface area (Å²) in [4.78, 5) is 0. The van der Waals surface area contributed by atoms with Crippen LogP contribution in [-0.4, -0.2) is 25.3 Å². The Morgan fingerprint density at radius 2 is 2.05 bits per heavy atom. The zero-order valence-corrected chi connectivity index (χ0v) is 14.0. The molecule has 1 fully saturated rings. The zero-order chi connectivity index (χ0) is 15.1. The van der Waals surface area contributed by atoms with Crippen LogP contribution in [0.25, 0.3) is 0 Å². The molecule has 0 bridgehead atoms. The van der Waals surface area contributed by atoms with Crippen LogP contribution in [0, 0.1) is 5.92 Å². The minimum absolute atomic E-state index is 0.507. The van der Waals surface area contributed by atoms with E-state index in [-0.39, 0.29) is 0 Å². The molecule has 1 aromatic carbocycles. The molecule has 0 aliphatic heterocycles. The molecule has 0 aromatic heterocycles. The van der Waals surface area contributed by atoms with Crippen molar-refractivity contribution in [3.8, 4) is 0 Å². The molecular formula is C18H28ClNO. The van der Waals surface area contributed by atoms with E-state index in [1.54, 1.807) is 0 Å². The molecule has 2 rings (SSSR count). The summed E-state index contributed by atoms with van der Waals surface area (Å²) in [5.41, 5.74) is 1.26. The van der Waals surface area contributed by atoms with E-state index in [0.717, 1.165) is 30.5 Å². The number of hydrogen-bond donors (Lipinski definition) is 1. The van der Waals surface area contributed by atoms with Crippen LogP contribution in [0.1, 0.15) is 45.1 Å². The Hall–Kier alpha value is -0.570. The summed E-state index contributed by atoms with van der Waals surface area (Å²) in [6, 6.07) is 8.73. The van der Waals surface area contributed by atoms with Gasteiger partial charge in [0.05, 0.1) is 6.10 Å². The molecule has 1 aliphatic carbocycles. The summed E-state index contributed by atoms with van der Waals surface area (Å²) in [7, 11) is 0. The summed E-state index contributed by atoms with van der Waals surface area (Å²) < 4.78 is 5.67. The van der Waals surface area contributed by atoms with Gasteiger partial charge in [0.25, 0.3) is 0 Å². The number of hydrogen-bond acceptors (Lipinski definition) is 2. The minimum atomic E-state index is 0.507. The highest BCUT2D eigenvalue weighted by atomic mass is 35.5. The lowest BCUT2D eigenvalue weighted by molar-refractivity contribution is -0.0290. The van der Waals surface area contributed by atoms with Gasteiger partial charge in [-0.2, -0.15) is 0 Å². The Morgan fingerprint density at radius 1 is 1.29 bits per heavy atom. The van der Waals surface area contributed by atoms with Crippen LogP contribution in [0.3, 0.4) is 0 Å². The van der Waals surface area contributed by atoms with Crippen molar-refractivity contribution in [2.24, 2.45) is 5.92 Å². The van der Waals surface area contributed by atoms with Crippen LogP contribution in [0.5, 0.6) is 0 Å². The van der Waals surface area contributed by atoms with Crippen LogP contribution in [0.15, 0.2) is 24.3 Å². The lowest BCUT2D eigenvalue weighted by Crippen LogP contribution is -2.39. The molecule has 2 nitrogen and oxygen atoms in total. The number of halogens is 1. The van der Waals surface area contributed by atoms with E-state index in [9.17, 15) is 0 Å². The molecule has 21 heavy (non-hydrogen) atoms. The molecule has 0 saturated heterocycles. The molecule has 0 heterocycles. The molecule has 1 saturated carbocycles. The second-order valence-corrected chi connectivity index (χ2v) is 6.50. The SMILES string of the molecule is CCCNC(Cc1ccccc1Cl)CC1CC(OCC)C1. The van der Waals surface area contributed by atoms with E-state index >= 15 is 0 Å². The highest BCUT2D eigenvalue weighted by Crippen LogP contribution is 2.34. The fraction of sp³-hybridized carbons (Fsp3) is 0.667. The second kappa shape index (κ2) is 8.77. The summed E-state index contributed by atoms with van der Waals surface area (Å²) in [5, 5.41) is 4.58. The number of ether oxygens (including phenoxy) is 1. The number of nitrogens with one attached hydrogen (secondary N) is 1. The van der Waals surface area contributed by atoms with Crippen LogP contribution in [-0.2, 0) is 11.2 Å². The van der Waals surface area contributed by atoms with Crippen molar-refractivity contribution in [3.05, 3.63) is 34.9 Å². The summed E-state index contributed by atoms with van der Waals surface area (Å²) >= 11 is 6.30. The van der Waals surface area contributed by atoms with E-state index in [0.29, 0.717) is 12.1 Å². The van der Waals surface area contributed by atoms with Gasteiger partial charge in [0, 0.05) is 17.7 Å². The van der Waals surface area contributed by atoms with Gasteiger partial charge in [-0.1, -0.05) is 36.7 Å². The number of rotatable bonds is 9. The molecule has 1 atom stereocenters. The second-order valence-electron chi connectivity index (χ2n) is 6.10. The van der Waals surface area contributed by atoms with Crippen molar-refractivity contribution >= 4 is 11.6 Å². The van der Waals surface area contributed by atoms with Crippen molar-refractivity contribution in [2.45, 2.75) is 58.1 Å². The Morgan fingerprint density at radius 3 is 2.71 bits per heavy atom. The fourth-order valence-electron chi connectivity index (χ4n) is 3.16. The van der Waals surface area contributed by atoms with Crippen molar-refractivity contribution < 1.29 is 4.74 Å². The Kier molecular flexibility index (Phi) is 7.01. The first-order valence-electron chi connectivity index (χ1n) is 8.31. The standard InChI is InChI=1S/C18H28ClNO/c1-3-9-20-16(10-14-11-17(12-14)21-4-2)13-15-7-5-6-8-18(15)19/h5-8,14,16-17,20H,3-4,9-13H2,1-2H3. The first-order chi connectivity index (χ1) is 10.2. The first kappa shape index (κ1) is 16.8. The molecule has 1 N–H and O–H groups in total. The monoisotopic (exact) mass is 309 g/mol. The predicted molar refractivity (Wildman–Crippen MR) is 90.0 cm³/mol. The third-order valence-electron chi connectivity index (χ3n) is 4.32. The normalized spacial score (nSPS) is 22.8. The molecule has 0 radical (unpaired) electrons. The van der Waals surface area contributed by atoms with Crippen LogP contribution in [0.2, 0.25) is 5.02 Å². The molecule has 1 aliphatic rings. The molecule has 0 spiro atoms. The van der Waals surface area contributed by atoms with Gasteiger partial charge in [0.15, 0.2) is 0 Å². The third-order valence-corrected chi connectivity index (χ3v) is 4.69. The fourth-order valence-corrected chi connectivity index (χ4v) is 3.37. The average Bonchev–Trinajstić information content (AvgIpc) is 2.44.